The molecule has 0 amide bonds. The lowest BCUT2D eigenvalue weighted by Crippen LogP contribution is -1.98. The van der Waals surface area contributed by atoms with Gasteiger partial charge in [0, 0.05) is 6.42 Å². The fourth-order valence-corrected chi connectivity index (χ4v) is 1.51. The Morgan fingerprint density at radius 1 is 1.18 bits per heavy atom. The van der Waals surface area contributed by atoms with E-state index < -0.39 is 0 Å². The van der Waals surface area contributed by atoms with Crippen LogP contribution in [0, 0.1) is 6.42 Å². The molecule has 0 bridgehead atoms. The minimum atomic E-state index is 0.580. The molecule has 0 saturated carbocycles. The van der Waals surface area contributed by atoms with Gasteiger partial charge in [-0.1, -0.05) is 43.3 Å². The first-order chi connectivity index (χ1) is 5.38. The molecule has 1 unspecified atom stereocenters. The fourth-order valence-electron chi connectivity index (χ4n) is 1.51. The van der Waals surface area contributed by atoms with E-state index in [1.54, 1.807) is 0 Å². The predicted octanol–water partition coefficient (Wildman–Crippen LogP) is 2.91. The lowest BCUT2D eigenvalue weighted by atomic mass is 9.89. The Hall–Kier alpha value is -1.04. The van der Waals surface area contributed by atoms with E-state index in [0.717, 1.165) is 0 Å². The molecule has 0 heterocycles. The Balaban J connectivity index is 2.50. The average molecular weight is 143 g/mol. The normalized spacial score (nSPS) is 21.4. The number of hydrogen-bond donors (Lipinski definition) is 0. The highest BCUT2D eigenvalue weighted by molar-refractivity contribution is 5.43. The zero-order valence-corrected chi connectivity index (χ0v) is 6.62. The van der Waals surface area contributed by atoms with E-state index in [2.05, 4.69) is 49.8 Å². The summed E-state index contributed by atoms with van der Waals surface area (Å²) >= 11 is 0. The highest BCUT2D eigenvalue weighted by Crippen LogP contribution is 2.26. The third-order valence-electron chi connectivity index (χ3n) is 2.16. The zero-order valence-electron chi connectivity index (χ0n) is 6.62. The van der Waals surface area contributed by atoms with Crippen LogP contribution in [-0.2, 0) is 0 Å². The maximum absolute atomic E-state index is 2.22. The monoisotopic (exact) mass is 143 g/mol. The van der Waals surface area contributed by atoms with Crippen molar-refractivity contribution in [1.82, 2.24) is 0 Å². The molecular weight excluding hydrogens is 132 g/mol. The standard InChI is InChI=1S/C11H11/c1-9-5-4-7-10-6-2-3-8-11(9)10/h2-9H,1H3. The molecule has 1 aromatic rings. The van der Waals surface area contributed by atoms with Crippen molar-refractivity contribution in [2.45, 2.75) is 12.8 Å². The van der Waals surface area contributed by atoms with E-state index in [1.165, 1.54) is 11.1 Å². The lowest BCUT2D eigenvalue weighted by molar-refractivity contribution is 0.940. The van der Waals surface area contributed by atoms with Crippen molar-refractivity contribution in [2.24, 2.45) is 0 Å². The topological polar surface area (TPSA) is 0 Å². The Bertz CT molecular complexity index is 284. The number of rotatable bonds is 0. The summed E-state index contributed by atoms with van der Waals surface area (Å²) in [4.78, 5) is 0. The van der Waals surface area contributed by atoms with Gasteiger partial charge in [0.05, 0.1) is 0 Å². The second-order valence-electron chi connectivity index (χ2n) is 2.97. The zero-order chi connectivity index (χ0) is 7.68. The molecule has 0 fully saturated rings. The largest absolute Gasteiger partial charge is 0.0806 e. The van der Waals surface area contributed by atoms with Gasteiger partial charge in [-0.2, -0.15) is 0 Å². The van der Waals surface area contributed by atoms with Crippen molar-refractivity contribution in [1.29, 1.82) is 0 Å². The van der Waals surface area contributed by atoms with Crippen molar-refractivity contribution >= 4 is 0 Å². The quantitative estimate of drug-likeness (QED) is 0.524. The highest BCUT2D eigenvalue weighted by Gasteiger charge is 2.09. The van der Waals surface area contributed by atoms with Crippen molar-refractivity contribution in [3.05, 3.63) is 54.0 Å². The lowest BCUT2D eigenvalue weighted by Gasteiger charge is -2.15. The van der Waals surface area contributed by atoms with Crippen LogP contribution in [0.15, 0.2) is 36.4 Å². The minimum Gasteiger partial charge on any atom is -0.0806 e. The molecule has 1 aromatic carbocycles. The van der Waals surface area contributed by atoms with E-state index >= 15 is 0 Å². The maximum Gasteiger partial charge on any atom is 0.0125 e. The van der Waals surface area contributed by atoms with Crippen molar-refractivity contribution in [2.75, 3.05) is 0 Å². The molecule has 0 spiro atoms. The summed E-state index contributed by atoms with van der Waals surface area (Å²) in [5, 5.41) is 0. The number of fused-ring (bicyclic) bond motifs is 1. The minimum absolute atomic E-state index is 0.580. The molecular formula is C11H11. The van der Waals surface area contributed by atoms with Crippen LogP contribution in [0.3, 0.4) is 0 Å². The van der Waals surface area contributed by atoms with Crippen LogP contribution in [0.2, 0.25) is 0 Å². The second kappa shape index (κ2) is 2.54. The van der Waals surface area contributed by atoms with Gasteiger partial charge in [-0.25, -0.2) is 0 Å². The highest BCUT2D eigenvalue weighted by atomic mass is 14.1. The molecule has 0 aromatic heterocycles. The SMILES string of the molecule is CC1C=C[CH]c2ccccc21. The van der Waals surface area contributed by atoms with Gasteiger partial charge in [0.2, 0.25) is 0 Å². The van der Waals surface area contributed by atoms with Gasteiger partial charge in [-0.15, -0.1) is 0 Å². The van der Waals surface area contributed by atoms with Crippen LogP contribution in [0.5, 0.6) is 0 Å². The van der Waals surface area contributed by atoms with Crippen LogP contribution in [0.25, 0.3) is 0 Å². The van der Waals surface area contributed by atoms with Crippen LogP contribution in [0.4, 0.5) is 0 Å². The second-order valence-corrected chi connectivity index (χ2v) is 2.97. The summed E-state index contributed by atoms with van der Waals surface area (Å²) < 4.78 is 0. The van der Waals surface area contributed by atoms with Crippen LogP contribution >= 0.6 is 0 Å². The smallest absolute Gasteiger partial charge is 0.0125 e. The summed E-state index contributed by atoms with van der Waals surface area (Å²) in [6.07, 6.45) is 6.52. The first-order valence-electron chi connectivity index (χ1n) is 3.98. The molecule has 1 radical (unpaired) electrons. The Morgan fingerprint density at radius 2 is 2.00 bits per heavy atom. The Kier molecular flexibility index (Phi) is 1.54. The van der Waals surface area contributed by atoms with Crippen molar-refractivity contribution < 1.29 is 0 Å². The summed E-state index contributed by atoms with van der Waals surface area (Å²) in [6.45, 7) is 2.22. The van der Waals surface area contributed by atoms with E-state index in [4.69, 9.17) is 0 Å². The summed E-state index contributed by atoms with van der Waals surface area (Å²) in [5.41, 5.74) is 2.80. The number of allylic oxidation sites excluding steroid dienone is 2. The third kappa shape index (κ3) is 1.09. The maximum atomic E-state index is 2.22. The number of hydrogen-bond acceptors (Lipinski definition) is 0. The van der Waals surface area contributed by atoms with E-state index in [1.807, 2.05) is 0 Å². The van der Waals surface area contributed by atoms with Gasteiger partial charge in [-0.05, 0) is 17.0 Å². The van der Waals surface area contributed by atoms with Crippen molar-refractivity contribution in [3.8, 4) is 0 Å². The Morgan fingerprint density at radius 3 is 2.82 bits per heavy atom. The molecule has 55 valence electrons. The van der Waals surface area contributed by atoms with Gasteiger partial charge in [0.25, 0.3) is 0 Å². The molecule has 0 aliphatic heterocycles. The van der Waals surface area contributed by atoms with Gasteiger partial charge in [0.15, 0.2) is 0 Å². The van der Waals surface area contributed by atoms with Crippen molar-refractivity contribution in [3.63, 3.8) is 0 Å². The first kappa shape index (κ1) is 6.66. The summed E-state index contributed by atoms with van der Waals surface area (Å²) in [6, 6.07) is 8.54. The van der Waals surface area contributed by atoms with Crippen LogP contribution in [0.1, 0.15) is 24.0 Å². The molecule has 11 heavy (non-hydrogen) atoms. The van der Waals surface area contributed by atoms with Crippen LogP contribution in [-0.4, -0.2) is 0 Å². The van der Waals surface area contributed by atoms with E-state index in [0.29, 0.717) is 5.92 Å². The number of benzene rings is 1. The van der Waals surface area contributed by atoms with E-state index in [-0.39, 0.29) is 0 Å². The molecule has 1 aliphatic rings. The third-order valence-corrected chi connectivity index (χ3v) is 2.16. The van der Waals surface area contributed by atoms with Gasteiger partial charge in [-0.3, -0.25) is 0 Å². The predicted molar refractivity (Wildman–Crippen MR) is 47.4 cm³/mol. The summed E-state index contributed by atoms with van der Waals surface area (Å²) in [7, 11) is 0. The molecule has 1 atom stereocenters. The molecule has 1 aliphatic carbocycles. The van der Waals surface area contributed by atoms with Crippen LogP contribution < -0.4 is 0 Å². The average Bonchev–Trinajstić information content (AvgIpc) is 2.06. The fraction of sp³-hybridized carbons (Fsp3) is 0.182. The molecule has 0 nitrogen and oxygen atoms in total. The van der Waals surface area contributed by atoms with Gasteiger partial charge < -0.3 is 0 Å². The summed E-state index contributed by atoms with van der Waals surface area (Å²) in [5.74, 6) is 0.580. The molecule has 2 rings (SSSR count). The Labute approximate surface area is 67.6 Å². The molecule has 0 saturated heterocycles. The molecule has 0 heteroatoms. The van der Waals surface area contributed by atoms with Gasteiger partial charge in [0.1, 0.15) is 0 Å². The molecule has 0 N–H and O–H groups in total. The first-order valence-corrected chi connectivity index (χ1v) is 3.98. The van der Waals surface area contributed by atoms with E-state index in [9.17, 15) is 0 Å². The van der Waals surface area contributed by atoms with Gasteiger partial charge >= 0.3 is 0 Å².